The lowest BCUT2D eigenvalue weighted by Gasteiger charge is -2.15. The number of benzene rings is 4. The number of nitrogens with one attached hydrogen (secondary N) is 1. The van der Waals surface area contributed by atoms with Crippen molar-refractivity contribution in [1.82, 2.24) is 0 Å². The SMILES string of the molecule is CCc1cc(N)ccc1-c1ccc(N=Nc2cc(S(=O)(=O)O)c3ccccc3c2NC(=O)C(F)(F)F)cc1CC. The van der Waals surface area contributed by atoms with Crippen molar-refractivity contribution in [2.24, 2.45) is 10.2 Å². The van der Waals surface area contributed by atoms with Crippen LogP contribution in [0, 0.1) is 0 Å². The molecule has 0 heterocycles. The first-order chi connectivity index (χ1) is 18.8. The molecule has 208 valence electrons. The predicted octanol–water partition coefficient (Wildman–Crippen LogP) is 7.38. The Kier molecular flexibility index (Phi) is 7.94. The molecular formula is C28H25F3N4O4S. The molecule has 0 spiro atoms. The summed E-state index contributed by atoms with van der Waals surface area (Å²) in [5.41, 5.74) is 10.1. The molecule has 0 aliphatic carbocycles. The third-order valence-corrected chi connectivity index (χ3v) is 7.20. The van der Waals surface area contributed by atoms with Crippen LogP contribution in [0.25, 0.3) is 21.9 Å². The molecule has 0 radical (unpaired) electrons. The van der Waals surface area contributed by atoms with Crippen LogP contribution < -0.4 is 11.1 Å². The molecule has 40 heavy (non-hydrogen) atoms. The number of aryl methyl sites for hydroxylation is 2. The van der Waals surface area contributed by atoms with Crippen LogP contribution >= 0.6 is 0 Å². The third kappa shape index (κ3) is 5.97. The molecular weight excluding hydrogens is 545 g/mol. The lowest BCUT2D eigenvalue weighted by molar-refractivity contribution is -0.167. The molecule has 0 saturated heterocycles. The Morgan fingerprint density at radius 3 is 2.10 bits per heavy atom. The Bertz CT molecular complexity index is 1750. The molecule has 4 aromatic rings. The zero-order valence-corrected chi connectivity index (χ0v) is 22.3. The van der Waals surface area contributed by atoms with Gasteiger partial charge < -0.3 is 11.1 Å². The summed E-state index contributed by atoms with van der Waals surface area (Å²) in [5.74, 6) is -2.28. The number of carbonyl (C=O) groups excluding carboxylic acids is 1. The van der Waals surface area contributed by atoms with Crippen LogP contribution in [0.4, 0.5) is 35.9 Å². The molecule has 0 bridgehead atoms. The van der Waals surface area contributed by atoms with Crippen molar-refractivity contribution in [3.05, 3.63) is 77.9 Å². The van der Waals surface area contributed by atoms with Crippen LogP contribution in [0.2, 0.25) is 0 Å². The van der Waals surface area contributed by atoms with Crippen LogP contribution in [0.1, 0.15) is 25.0 Å². The number of hydrogen-bond donors (Lipinski definition) is 3. The summed E-state index contributed by atoms with van der Waals surface area (Å²) in [6, 6.07) is 17.2. The Morgan fingerprint density at radius 2 is 1.50 bits per heavy atom. The van der Waals surface area contributed by atoms with Gasteiger partial charge in [-0.2, -0.15) is 26.7 Å². The van der Waals surface area contributed by atoms with Gasteiger partial charge in [0.1, 0.15) is 10.6 Å². The molecule has 0 saturated carbocycles. The quantitative estimate of drug-likeness (QED) is 0.121. The molecule has 8 nitrogen and oxygen atoms in total. The van der Waals surface area contributed by atoms with Gasteiger partial charge >= 0.3 is 12.1 Å². The van der Waals surface area contributed by atoms with E-state index in [0.29, 0.717) is 17.8 Å². The van der Waals surface area contributed by atoms with Crippen molar-refractivity contribution in [1.29, 1.82) is 0 Å². The van der Waals surface area contributed by atoms with E-state index in [2.05, 4.69) is 10.2 Å². The third-order valence-electron chi connectivity index (χ3n) is 6.30. The smallest absolute Gasteiger partial charge is 0.399 e. The predicted molar refractivity (Wildman–Crippen MR) is 148 cm³/mol. The largest absolute Gasteiger partial charge is 0.471 e. The maximum atomic E-state index is 13.1. The molecule has 0 aliphatic heterocycles. The first-order valence-electron chi connectivity index (χ1n) is 12.2. The molecule has 0 aromatic heterocycles. The average molecular weight is 571 g/mol. The topological polar surface area (TPSA) is 134 Å². The highest BCUT2D eigenvalue weighted by Crippen LogP contribution is 2.40. The Hall–Kier alpha value is -4.29. The highest BCUT2D eigenvalue weighted by atomic mass is 32.2. The van der Waals surface area contributed by atoms with E-state index in [1.54, 1.807) is 17.4 Å². The summed E-state index contributed by atoms with van der Waals surface area (Å²) in [4.78, 5) is 11.2. The standard InChI is InChI=1S/C28H25F3N4O4S/c1-3-16-13-18(32)9-11-20(16)21-12-10-19(14-17(21)4-2)34-35-24-15-25(40(37,38)39)22-7-5-6-8-23(22)26(24)33-27(36)28(29,30)31/h5-15H,3-4,32H2,1-2H3,(H,33,36)(H,37,38,39). The van der Waals surface area contributed by atoms with Crippen LogP contribution in [0.3, 0.4) is 0 Å². The fourth-order valence-electron chi connectivity index (χ4n) is 4.41. The van der Waals surface area contributed by atoms with Gasteiger partial charge in [-0.1, -0.05) is 50.2 Å². The number of anilines is 2. The summed E-state index contributed by atoms with van der Waals surface area (Å²) in [7, 11) is -4.81. The first kappa shape index (κ1) is 28.7. The Labute approximate surface area is 228 Å². The van der Waals surface area contributed by atoms with Crippen molar-refractivity contribution in [2.75, 3.05) is 11.1 Å². The van der Waals surface area contributed by atoms with Crippen LogP contribution in [0.15, 0.2) is 81.9 Å². The van der Waals surface area contributed by atoms with E-state index in [1.807, 2.05) is 38.1 Å². The highest BCUT2D eigenvalue weighted by molar-refractivity contribution is 7.86. The van der Waals surface area contributed by atoms with E-state index < -0.39 is 38.5 Å². The van der Waals surface area contributed by atoms with Gasteiger partial charge in [0.05, 0.1) is 11.4 Å². The van der Waals surface area contributed by atoms with Gasteiger partial charge in [0.25, 0.3) is 10.1 Å². The normalized spacial score (nSPS) is 12.2. The van der Waals surface area contributed by atoms with E-state index in [4.69, 9.17) is 5.73 Å². The minimum atomic E-state index is -5.22. The molecule has 12 heteroatoms. The lowest BCUT2D eigenvalue weighted by Crippen LogP contribution is -2.30. The van der Waals surface area contributed by atoms with Gasteiger partial charge in [-0.15, -0.1) is 5.11 Å². The van der Waals surface area contributed by atoms with E-state index in [1.165, 1.54) is 24.3 Å². The molecule has 0 atom stereocenters. The van der Waals surface area contributed by atoms with Crippen LogP contribution in [0.5, 0.6) is 0 Å². The summed E-state index contributed by atoms with van der Waals surface area (Å²) >= 11 is 0. The molecule has 4 N–H and O–H groups in total. The number of halogens is 3. The zero-order chi connectivity index (χ0) is 29.2. The second-order valence-electron chi connectivity index (χ2n) is 8.91. The van der Waals surface area contributed by atoms with Crippen molar-refractivity contribution >= 4 is 49.5 Å². The molecule has 1 amide bonds. The first-order valence-corrected chi connectivity index (χ1v) is 13.6. The number of nitrogens with zero attached hydrogens (tertiary/aromatic N) is 2. The summed E-state index contributed by atoms with van der Waals surface area (Å²) < 4.78 is 73.3. The lowest BCUT2D eigenvalue weighted by atomic mass is 9.92. The van der Waals surface area contributed by atoms with Gasteiger partial charge in [-0.3, -0.25) is 9.35 Å². The van der Waals surface area contributed by atoms with Crippen molar-refractivity contribution in [3.8, 4) is 11.1 Å². The van der Waals surface area contributed by atoms with Gasteiger partial charge in [0.2, 0.25) is 0 Å². The molecule has 0 aliphatic rings. The number of amides is 1. The number of hydrogen-bond acceptors (Lipinski definition) is 6. The van der Waals surface area contributed by atoms with Gasteiger partial charge in [-0.25, -0.2) is 0 Å². The van der Waals surface area contributed by atoms with E-state index in [9.17, 15) is 30.9 Å². The summed E-state index contributed by atoms with van der Waals surface area (Å²) in [6.07, 6.45) is -3.83. The molecule has 0 unspecified atom stereocenters. The monoisotopic (exact) mass is 570 g/mol. The van der Waals surface area contributed by atoms with E-state index in [-0.39, 0.29) is 10.8 Å². The maximum Gasteiger partial charge on any atom is 0.471 e. The number of alkyl halides is 3. The number of rotatable bonds is 7. The number of azo groups is 1. The fraction of sp³-hybridized carbons (Fsp3) is 0.179. The fourth-order valence-corrected chi connectivity index (χ4v) is 5.13. The molecule has 0 fully saturated rings. The van der Waals surface area contributed by atoms with E-state index in [0.717, 1.165) is 34.7 Å². The number of nitrogen functional groups attached to an aromatic ring is 1. The Morgan fingerprint density at radius 1 is 0.900 bits per heavy atom. The number of nitrogens with two attached hydrogens (primary N) is 1. The highest BCUT2D eigenvalue weighted by Gasteiger charge is 2.39. The zero-order valence-electron chi connectivity index (χ0n) is 21.5. The number of fused-ring (bicyclic) bond motifs is 1. The van der Waals surface area contributed by atoms with E-state index >= 15 is 0 Å². The Balaban J connectivity index is 1.85. The maximum absolute atomic E-state index is 13.1. The van der Waals surface area contributed by atoms with Gasteiger partial charge in [-0.05, 0) is 65.4 Å². The molecule has 4 aromatic carbocycles. The minimum absolute atomic E-state index is 0.0794. The summed E-state index contributed by atoms with van der Waals surface area (Å²) in [5, 5.41) is 9.73. The van der Waals surface area contributed by atoms with Crippen molar-refractivity contribution in [2.45, 2.75) is 37.8 Å². The van der Waals surface area contributed by atoms with Crippen LogP contribution in [-0.4, -0.2) is 25.1 Å². The number of carbonyl (C=O) groups is 1. The average Bonchev–Trinajstić information content (AvgIpc) is 2.91. The molecule has 4 rings (SSSR count). The van der Waals surface area contributed by atoms with Crippen molar-refractivity contribution < 1.29 is 30.9 Å². The second-order valence-corrected chi connectivity index (χ2v) is 10.3. The van der Waals surface area contributed by atoms with Gasteiger partial charge in [0.15, 0.2) is 0 Å². The second kappa shape index (κ2) is 11.1. The summed E-state index contributed by atoms with van der Waals surface area (Å²) in [6.45, 7) is 3.97. The van der Waals surface area contributed by atoms with Crippen molar-refractivity contribution in [3.63, 3.8) is 0 Å². The minimum Gasteiger partial charge on any atom is -0.399 e. The van der Waals surface area contributed by atoms with Gasteiger partial charge in [0, 0.05) is 16.5 Å². The van der Waals surface area contributed by atoms with Crippen LogP contribution in [-0.2, 0) is 27.8 Å².